The quantitative estimate of drug-likeness (QED) is 0.918. The Balaban J connectivity index is 1.78. The molecule has 1 aliphatic rings. The number of H-pyrrole nitrogens is 1. The Kier molecular flexibility index (Phi) is 3.74. The number of amides is 1. The summed E-state index contributed by atoms with van der Waals surface area (Å²) in [6, 6.07) is 3.38. The minimum absolute atomic E-state index is 0.0454. The van der Waals surface area contributed by atoms with Crippen LogP contribution in [-0.2, 0) is 11.3 Å². The Morgan fingerprint density at radius 3 is 2.95 bits per heavy atom. The van der Waals surface area contributed by atoms with Crippen LogP contribution in [0.3, 0.4) is 0 Å². The number of carbonyl (C=O) groups is 1. The van der Waals surface area contributed by atoms with E-state index in [4.69, 9.17) is 0 Å². The molecule has 3 heterocycles. The molecule has 1 amide bonds. The number of nitrogens with one attached hydrogen (secondary N) is 1. The van der Waals surface area contributed by atoms with Gasteiger partial charge in [0.05, 0.1) is 6.04 Å². The van der Waals surface area contributed by atoms with E-state index in [1.807, 2.05) is 16.3 Å². The number of hydrogen-bond acceptors (Lipinski definition) is 4. The fourth-order valence-corrected chi connectivity index (χ4v) is 3.39. The standard InChI is InChI=1S/C14H15N3O3S/c18-12-3-6-16(14(20)15-12)8-13(19)17-5-1-2-11(17)10-4-7-21-9-10/h3-4,6-7,9,11H,1-2,5,8H2,(H,15,18,20)/t11-/m0/s1. The highest BCUT2D eigenvalue weighted by atomic mass is 32.1. The fraction of sp³-hybridized carbons (Fsp3) is 0.357. The van der Waals surface area contributed by atoms with Crippen LogP contribution in [0, 0.1) is 0 Å². The monoisotopic (exact) mass is 305 g/mol. The van der Waals surface area contributed by atoms with Crippen molar-refractivity contribution in [1.29, 1.82) is 0 Å². The zero-order valence-corrected chi connectivity index (χ0v) is 12.1. The van der Waals surface area contributed by atoms with Gasteiger partial charge in [-0.1, -0.05) is 0 Å². The summed E-state index contributed by atoms with van der Waals surface area (Å²) in [5.74, 6) is -0.0992. The first-order valence-corrected chi connectivity index (χ1v) is 7.71. The lowest BCUT2D eigenvalue weighted by Crippen LogP contribution is -2.37. The first-order chi connectivity index (χ1) is 10.1. The summed E-state index contributed by atoms with van der Waals surface area (Å²) in [6.45, 7) is 0.660. The third kappa shape index (κ3) is 2.82. The molecule has 0 bridgehead atoms. The van der Waals surface area contributed by atoms with E-state index >= 15 is 0 Å². The van der Waals surface area contributed by atoms with Crippen LogP contribution in [-0.4, -0.2) is 26.9 Å². The summed E-state index contributed by atoms with van der Waals surface area (Å²) in [5.41, 5.74) is 0.141. The number of likely N-dealkylation sites (tertiary alicyclic amines) is 1. The summed E-state index contributed by atoms with van der Waals surface area (Å²) >= 11 is 1.62. The molecule has 0 spiro atoms. The van der Waals surface area contributed by atoms with Crippen molar-refractivity contribution in [2.24, 2.45) is 0 Å². The molecule has 6 nitrogen and oxygen atoms in total. The molecule has 0 aromatic carbocycles. The summed E-state index contributed by atoms with van der Waals surface area (Å²) in [7, 11) is 0. The van der Waals surface area contributed by atoms with Gasteiger partial charge in [-0.05, 0) is 35.2 Å². The summed E-state index contributed by atoms with van der Waals surface area (Å²) < 4.78 is 1.23. The highest BCUT2D eigenvalue weighted by Gasteiger charge is 2.30. The largest absolute Gasteiger partial charge is 0.334 e. The molecule has 1 saturated heterocycles. The molecule has 0 radical (unpaired) electrons. The molecule has 7 heteroatoms. The highest BCUT2D eigenvalue weighted by Crippen LogP contribution is 2.33. The van der Waals surface area contributed by atoms with Crippen molar-refractivity contribution in [1.82, 2.24) is 14.5 Å². The van der Waals surface area contributed by atoms with Crippen molar-refractivity contribution in [3.8, 4) is 0 Å². The van der Waals surface area contributed by atoms with E-state index in [1.54, 1.807) is 11.3 Å². The molecule has 0 aliphatic carbocycles. The molecular weight excluding hydrogens is 290 g/mol. The second-order valence-corrected chi connectivity index (χ2v) is 5.82. The van der Waals surface area contributed by atoms with Crippen LogP contribution in [0.2, 0.25) is 0 Å². The number of thiophene rings is 1. The van der Waals surface area contributed by atoms with Crippen LogP contribution in [0.5, 0.6) is 0 Å². The summed E-state index contributed by atoms with van der Waals surface area (Å²) in [4.78, 5) is 39.1. The topological polar surface area (TPSA) is 75.2 Å². The lowest BCUT2D eigenvalue weighted by molar-refractivity contribution is -0.132. The number of carbonyl (C=O) groups excluding carboxylic acids is 1. The Bertz CT molecular complexity index is 747. The molecule has 110 valence electrons. The van der Waals surface area contributed by atoms with Gasteiger partial charge in [-0.25, -0.2) is 4.79 Å². The van der Waals surface area contributed by atoms with Crippen LogP contribution in [0.25, 0.3) is 0 Å². The van der Waals surface area contributed by atoms with E-state index in [2.05, 4.69) is 10.4 Å². The molecule has 21 heavy (non-hydrogen) atoms. The second-order valence-electron chi connectivity index (χ2n) is 5.04. The number of aromatic amines is 1. The van der Waals surface area contributed by atoms with Crippen LogP contribution in [0.15, 0.2) is 38.7 Å². The fourth-order valence-electron chi connectivity index (χ4n) is 2.68. The van der Waals surface area contributed by atoms with E-state index in [0.29, 0.717) is 6.54 Å². The average Bonchev–Trinajstić information content (AvgIpc) is 3.10. The van der Waals surface area contributed by atoms with Gasteiger partial charge in [0.25, 0.3) is 5.56 Å². The van der Waals surface area contributed by atoms with Gasteiger partial charge < -0.3 is 4.90 Å². The first kappa shape index (κ1) is 13.8. The molecule has 1 aliphatic heterocycles. The van der Waals surface area contributed by atoms with E-state index in [1.165, 1.54) is 16.8 Å². The van der Waals surface area contributed by atoms with Gasteiger partial charge in [0.15, 0.2) is 0 Å². The molecule has 1 N–H and O–H groups in total. The van der Waals surface area contributed by atoms with Gasteiger partial charge in [0, 0.05) is 18.8 Å². The highest BCUT2D eigenvalue weighted by molar-refractivity contribution is 7.07. The van der Waals surface area contributed by atoms with Crippen molar-refractivity contribution in [2.75, 3.05) is 6.54 Å². The van der Waals surface area contributed by atoms with Crippen LogP contribution >= 0.6 is 11.3 Å². The molecule has 2 aromatic rings. The molecular formula is C14H15N3O3S. The Hall–Kier alpha value is -2.15. The maximum absolute atomic E-state index is 12.4. The number of aromatic nitrogens is 2. The summed E-state index contributed by atoms with van der Waals surface area (Å²) in [6.07, 6.45) is 3.27. The van der Waals surface area contributed by atoms with Crippen molar-refractivity contribution >= 4 is 17.2 Å². The van der Waals surface area contributed by atoms with Crippen molar-refractivity contribution < 1.29 is 4.79 Å². The maximum atomic E-state index is 12.4. The lowest BCUT2D eigenvalue weighted by Gasteiger charge is -2.24. The third-order valence-electron chi connectivity index (χ3n) is 3.70. The Labute approximate surface area is 124 Å². The van der Waals surface area contributed by atoms with Crippen LogP contribution < -0.4 is 11.2 Å². The van der Waals surface area contributed by atoms with Gasteiger partial charge in [0.1, 0.15) is 6.54 Å². The van der Waals surface area contributed by atoms with Crippen LogP contribution in [0.4, 0.5) is 0 Å². The predicted molar refractivity (Wildman–Crippen MR) is 79.3 cm³/mol. The van der Waals surface area contributed by atoms with E-state index in [-0.39, 0.29) is 18.5 Å². The number of rotatable bonds is 3. The van der Waals surface area contributed by atoms with E-state index in [9.17, 15) is 14.4 Å². The van der Waals surface area contributed by atoms with Gasteiger partial charge in [-0.3, -0.25) is 19.1 Å². The molecule has 0 unspecified atom stereocenters. The molecule has 3 rings (SSSR count). The third-order valence-corrected chi connectivity index (χ3v) is 4.41. The maximum Gasteiger partial charge on any atom is 0.328 e. The number of nitrogens with zero attached hydrogens (tertiary/aromatic N) is 2. The molecule has 1 atom stereocenters. The lowest BCUT2D eigenvalue weighted by atomic mass is 10.1. The average molecular weight is 305 g/mol. The van der Waals surface area contributed by atoms with E-state index in [0.717, 1.165) is 18.4 Å². The van der Waals surface area contributed by atoms with Crippen molar-refractivity contribution in [3.63, 3.8) is 0 Å². The molecule has 2 aromatic heterocycles. The molecule has 1 fully saturated rings. The predicted octanol–water partition coefficient (Wildman–Crippen LogP) is 0.962. The van der Waals surface area contributed by atoms with Gasteiger partial charge in [0.2, 0.25) is 5.91 Å². The molecule has 0 saturated carbocycles. The SMILES string of the molecule is O=C(Cn1ccc(=O)[nH]c1=O)N1CCC[C@H]1c1ccsc1. The zero-order chi connectivity index (χ0) is 14.8. The van der Waals surface area contributed by atoms with Gasteiger partial charge >= 0.3 is 5.69 Å². The zero-order valence-electron chi connectivity index (χ0n) is 11.3. The summed E-state index contributed by atoms with van der Waals surface area (Å²) in [5, 5.41) is 4.06. The minimum atomic E-state index is -0.554. The Morgan fingerprint density at radius 1 is 1.38 bits per heavy atom. The minimum Gasteiger partial charge on any atom is -0.334 e. The van der Waals surface area contributed by atoms with Gasteiger partial charge in [-0.15, -0.1) is 0 Å². The number of hydrogen-bond donors (Lipinski definition) is 1. The van der Waals surface area contributed by atoms with Crippen molar-refractivity contribution in [3.05, 3.63) is 55.5 Å². The normalized spacial score (nSPS) is 18.1. The smallest absolute Gasteiger partial charge is 0.328 e. The van der Waals surface area contributed by atoms with Gasteiger partial charge in [-0.2, -0.15) is 11.3 Å². The first-order valence-electron chi connectivity index (χ1n) is 6.76. The van der Waals surface area contributed by atoms with E-state index < -0.39 is 11.2 Å². The second kappa shape index (κ2) is 5.69. The van der Waals surface area contributed by atoms with Crippen LogP contribution in [0.1, 0.15) is 24.4 Å². The Morgan fingerprint density at radius 2 is 2.24 bits per heavy atom. The van der Waals surface area contributed by atoms with Crippen molar-refractivity contribution in [2.45, 2.75) is 25.4 Å².